The number of aromatic nitrogens is 1. The molecule has 1 amide bonds. The van der Waals surface area contributed by atoms with Gasteiger partial charge in [0.15, 0.2) is 0 Å². The number of piperazine rings is 1. The number of nitrogens with zero attached hydrogens (tertiary/aromatic N) is 3. The van der Waals surface area contributed by atoms with Gasteiger partial charge in [-0.05, 0) is 45.0 Å². The standard InChI is InChI=1S/C21H27N3O5S.C2HF3O2/c1-21(2,3)29-20(25)23-12-13-24(30(26,27)19-9-5-4-6-10-19)17(15-23)16-28-18-8-7-11-22-14-18;3-2(4,5)1(6)7/h4-11,14,17H,12-13,15-16H2,1-3H3;(H,6,7). The van der Waals surface area contributed by atoms with Crippen LogP contribution in [0.5, 0.6) is 5.75 Å². The van der Waals surface area contributed by atoms with E-state index in [1.165, 1.54) is 9.21 Å². The van der Waals surface area contributed by atoms with Crippen LogP contribution < -0.4 is 4.74 Å². The van der Waals surface area contributed by atoms with Gasteiger partial charge < -0.3 is 19.5 Å². The quantitative estimate of drug-likeness (QED) is 0.604. The van der Waals surface area contributed by atoms with Gasteiger partial charge in [-0.2, -0.15) is 17.5 Å². The van der Waals surface area contributed by atoms with Crippen LogP contribution in [-0.4, -0.2) is 83.8 Å². The zero-order chi connectivity index (χ0) is 27.9. The minimum absolute atomic E-state index is 0.0804. The molecule has 10 nitrogen and oxygen atoms in total. The molecule has 1 unspecified atom stereocenters. The second kappa shape index (κ2) is 12.2. The van der Waals surface area contributed by atoms with E-state index in [0.29, 0.717) is 5.75 Å². The van der Waals surface area contributed by atoms with Crippen molar-refractivity contribution < 1.29 is 45.8 Å². The van der Waals surface area contributed by atoms with Crippen LogP contribution in [-0.2, 0) is 19.6 Å². The third-order valence-electron chi connectivity index (χ3n) is 4.75. The summed E-state index contributed by atoms with van der Waals surface area (Å²) in [6.45, 7) is 6.03. The third kappa shape index (κ3) is 9.21. The number of carboxylic acids is 1. The number of sulfonamides is 1. The number of rotatable bonds is 5. The van der Waals surface area contributed by atoms with Crippen LogP contribution >= 0.6 is 0 Å². The molecule has 37 heavy (non-hydrogen) atoms. The number of carbonyl (C=O) groups is 2. The molecule has 204 valence electrons. The molecule has 1 aliphatic rings. The molecule has 14 heteroatoms. The first-order chi connectivity index (χ1) is 17.1. The molecule has 0 saturated carbocycles. The summed E-state index contributed by atoms with van der Waals surface area (Å²) in [7, 11) is -3.74. The number of benzene rings is 1. The Morgan fingerprint density at radius 2 is 1.70 bits per heavy atom. The van der Waals surface area contributed by atoms with E-state index < -0.39 is 39.9 Å². The first kappa shape index (κ1) is 29.8. The number of hydrogen-bond donors (Lipinski definition) is 1. The van der Waals surface area contributed by atoms with Crippen molar-refractivity contribution in [1.82, 2.24) is 14.2 Å². The van der Waals surface area contributed by atoms with Gasteiger partial charge in [0.25, 0.3) is 0 Å². The third-order valence-corrected chi connectivity index (χ3v) is 6.72. The molecule has 1 aliphatic heterocycles. The Morgan fingerprint density at radius 1 is 1.08 bits per heavy atom. The fraction of sp³-hybridized carbons (Fsp3) is 0.435. The van der Waals surface area contributed by atoms with Gasteiger partial charge in [-0.3, -0.25) is 4.98 Å². The SMILES string of the molecule is CC(C)(C)OC(=O)N1CCN(S(=O)(=O)c2ccccc2)C(COc2cccnc2)C1.O=C(O)C(F)(F)F. The molecule has 2 heterocycles. The normalized spacial score (nSPS) is 16.8. The lowest BCUT2D eigenvalue weighted by Crippen LogP contribution is -2.58. The number of amides is 1. The van der Waals surface area contributed by atoms with E-state index >= 15 is 0 Å². The maximum atomic E-state index is 13.2. The molecule has 0 radical (unpaired) electrons. The van der Waals surface area contributed by atoms with Gasteiger partial charge in [-0.1, -0.05) is 18.2 Å². The van der Waals surface area contributed by atoms with Crippen LogP contribution in [0.1, 0.15) is 20.8 Å². The molecule has 1 aromatic heterocycles. The summed E-state index contributed by atoms with van der Waals surface area (Å²) in [5.74, 6) is -2.23. The summed E-state index contributed by atoms with van der Waals surface area (Å²) < 4.78 is 70.9. The Labute approximate surface area is 212 Å². The smallest absolute Gasteiger partial charge is 0.490 e. The number of ether oxygens (including phenoxy) is 2. The van der Waals surface area contributed by atoms with Crippen molar-refractivity contribution in [3.8, 4) is 5.75 Å². The van der Waals surface area contributed by atoms with Crippen LogP contribution in [0.15, 0.2) is 59.8 Å². The molecule has 0 aliphatic carbocycles. The molecule has 0 bridgehead atoms. The zero-order valence-corrected chi connectivity index (χ0v) is 21.2. The Bertz CT molecular complexity index is 1140. The molecule has 0 spiro atoms. The monoisotopic (exact) mass is 547 g/mol. The van der Waals surface area contributed by atoms with Crippen molar-refractivity contribution in [2.75, 3.05) is 26.2 Å². The van der Waals surface area contributed by atoms with Gasteiger partial charge >= 0.3 is 18.2 Å². The summed E-state index contributed by atoms with van der Waals surface area (Å²) in [6, 6.07) is 11.2. The van der Waals surface area contributed by atoms with Gasteiger partial charge in [0.1, 0.15) is 18.0 Å². The summed E-state index contributed by atoms with van der Waals surface area (Å²) in [5, 5.41) is 7.12. The number of hydrogen-bond acceptors (Lipinski definition) is 7. The van der Waals surface area contributed by atoms with E-state index in [-0.39, 0.29) is 31.1 Å². The Hall–Kier alpha value is -3.39. The van der Waals surface area contributed by atoms with E-state index in [0.717, 1.165) is 0 Å². The maximum absolute atomic E-state index is 13.2. The van der Waals surface area contributed by atoms with Crippen LogP contribution in [0.4, 0.5) is 18.0 Å². The van der Waals surface area contributed by atoms with E-state index in [1.54, 1.807) is 75.6 Å². The largest absolute Gasteiger partial charge is 0.490 e. The van der Waals surface area contributed by atoms with E-state index in [4.69, 9.17) is 19.4 Å². The molecule has 2 aromatic rings. The van der Waals surface area contributed by atoms with E-state index in [9.17, 15) is 26.4 Å². The summed E-state index contributed by atoms with van der Waals surface area (Å²) in [6.07, 6.45) is -2.36. The number of aliphatic carboxylic acids is 1. The van der Waals surface area contributed by atoms with E-state index in [2.05, 4.69) is 4.98 Å². The molecular weight excluding hydrogens is 519 g/mol. The topological polar surface area (TPSA) is 126 Å². The predicted octanol–water partition coefficient (Wildman–Crippen LogP) is 3.40. The van der Waals surface area contributed by atoms with Gasteiger partial charge in [0, 0.05) is 25.8 Å². The highest BCUT2D eigenvalue weighted by molar-refractivity contribution is 7.89. The fourth-order valence-corrected chi connectivity index (χ4v) is 4.75. The second-order valence-corrected chi connectivity index (χ2v) is 10.7. The van der Waals surface area contributed by atoms with Gasteiger partial charge in [-0.15, -0.1) is 0 Å². The first-order valence-electron chi connectivity index (χ1n) is 11.0. The molecular formula is C23H28F3N3O7S. The Kier molecular flexibility index (Phi) is 9.87. The minimum atomic E-state index is -5.08. The van der Waals surface area contributed by atoms with Crippen molar-refractivity contribution in [2.24, 2.45) is 0 Å². The zero-order valence-electron chi connectivity index (χ0n) is 20.4. The van der Waals surface area contributed by atoms with Crippen LogP contribution in [0.2, 0.25) is 0 Å². The molecule has 3 rings (SSSR count). The average molecular weight is 548 g/mol. The summed E-state index contributed by atoms with van der Waals surface area (Å²) >= 11 is 0. The summed E-state index contributed by atoms with van der Waals surface area (Å²) in [5.41, 5.74) is -0.633. The Balaban J connectivity index is 0.000000604. The molecule has 1 saturated heterocycles. The minimum Gasteiger partial charge on any atom is -0.490 e. The van der Waals surface area contributed by atoms with Gasteiger partial charge in [-0.25, -0.2) is 18.0 Å². The number of pyridine rings is 1. The molecule has 1 N–H and O–H groups in total. The highest BCUT2D eigenvalue weighted by Crippen LogP contribution is 2.23. The fourth-order valence-electron chi connectivity index (χ4n) is 3.14. The van der Waals surface area contributed by atoms with Gasteiger partial charge in [0.2, 0.25) is 10.0 Å². The molecule has 1 fully saturated rings. The molecule has 1 atom stereocenters. The maximum Gasteiger partial charge on any atom is 0.490 e. The highest BCUT2D eigenvalue weighted by atomic mass is 32.2. The lowest BCUT2D eigenvalue weighted by molar-refractivity contribution is -0.192. The molecule has 1 aromatic carbocycles. The number of carbonyl (C=O) groups excluding carboxylic acids is 1. The van der Waals surface area contributed by atoms with Crippen molar-refractivity contribution in [3.63, 3.8) is 0 Å². The number of halogens is 3. The van der Waals surface area contributed by atoms with Crippen molar-refractivity contribution in [2.45, 2.75) is 43.5 Å². The Morgan fingerprint density at radius 3 is 2.22 bits per heavy atom. The second-order valence-electron chi connectivity index (χ2n) is 8.81. The van der Waals surface area contributed by atoms with Crippen LogP contribution in [0.25, 0.3) is 0 Å². The van der Waals surface area contributed by atoms with E-state index in [1.807, 2.05) is 0 Å². The average Bonchev–Trinajstić information content (AvgIpc) is 2.82. The predicted molar refractivity (Wildman–Crippen MR) is 125 cm³/mol. The number of carboxylic acid groups (broad SMARTS) is 1. The van der Waals surface area contributed by atoms with Gasteiger partial charge in [0.05, 0.1) is 17.1 Å². The lowest BCUT2D eigenvalue weighted by atomic mass is 10.2. The van der Waals surface area contributed by atoms with Crippen molar-refractivity contribution in [3.05, 3.63) is 54.9 Å². The first-order valence-corrected chi connectivity index (χ1v) is 12.4. The number of alkyl halides is 3. The lowest BCUT2D eigenvalue weighted by Gasteiger charge is -2.40. The summed E-state index contributed by atoms with van der Waals surface area (Å²) in [4.78, 5) is 27.2. The highest BCUT2D eigenvalue weighted by Gasteiger charge is 2.39. The van der Waals surface area contributed by atoms with Crippen molar-refractivity contribution >= 4 is 22.1 Å². The van der Waals surface area contributed by atoms with Crippen molar-refractivity contribution in [1.29, 1.82) is 0 Å². The van der Waals surface area contributed by atoms with Crippen LogP contribution in [0.3, 0.4) is 0 Å². The van der Waals surface area contributed by atoms with Crippen LogP contribution in [0, 0.1) is 0 Å².